The van der Waals surface area contributed by atoms with E-state index in [1.807, 2.05) is 36.4 Å². The zero-order valence-electron chi connectivity index (χ0n) is 13.4. The van der Waals surface area contributed by atoms with E-state index in [1.165, 1.54) is 11.3 Å². The van der Waals surface area contributed by atoms with Crippen molar-refractivity contribution in [3.8, 4) is 10.6 Å². The molecule has 0 amide bonds. The van der Waals surface area contributed by atoms with Crippen LogP contribution >= 0.6 is 22.9 Å². The van der Waals surface area contributed by atoms with E-state index in [1.54, 1.807) is 6.07 Å². The van der Waals surface area contributed by atoms with Crippen LogP contribution < -0.4 is 0 Å². The van der Waals surface area contributed by atoms with Crippen LogP contribution in [0.1, 0.15) is 23.2 Å². The van der Waals surface area contributed by atoms with Crippen LogP contribution in [0.2, 0.25) is 4.34 Å². The summed E-state index contributed by atoms with van der Waals surface area (Å²) in [6.07, 6.45) is 1.96. The lowest BCUT2D eigenvalue weighted by Gasteiger charge is -2.12. The van der Waals surface area contributed by atoms with Crippen molar-refractivity contribution in [2.24, 2.45) is 0 Å². The fraction of sp³-hybridized carbons (Fsp3) is 0.263. The predicted octanol–water partition coefficient (Wildman–Crippen LogP) is 4.95. The number of hydrogen-bond donors (Lipinski definition) is 0. The van der Waals surface area contributed by atoms with E-state index in [-0.39, 0.29) is 18.7 Å². The minimum Gasteiger partial charge on any atom is -0.459 e. The van der Waals surface area contributed by atoms with Gasteiger partial charge in [-0.25, -0.2) is 9.78 Å². The highest BCUT2D eigenvalue weighted by atomic mass is 35.5. The van der Waals surface area contributed by atoms with Crippen LogP contribution in [0.5, 0.6) is 0 Å². The van der Waals surface area contributed by atoms with E-state index in [0.717, 1.165) is 40.9 Å². The third-order valence-corrected chi connectivity index (χ3v) is 5.44. The van der Waals surface area contributed by atoms with Crippen molar-refractivity contribution in [1.82, 2.24) is 4.98 Å². The van der Waals surface area contributed by atoms with E-state index in [9.17, 15) is 4.79 Å². The maximum atomic E-state index is 12.7. The Bertz CT molecular complexity index is 918. The summed E-state index contributed by atoms with van der Waals surface area (Å²) in [5.41, 5.74) is 2.00. The highest BCUT2D eigenvalue weighted by Gasteiger charge is 2.20. The Morgan fingerprint density at radius 2 is 2.20 bits per heavy atom. The highest BCUT2D eigenvalue weighted by molar-refractivity contribution is 7.19. The van der Waals surface area contributed by atoms with Gasteiger partial charge in [-0.05, 0) is 37.1 Å². The summed E-state index contributed by atoms with van der Waals surface area (Å²) in [6.45, 7) is 1.03. The van der Waals surface area contributed by atoms with Crippen LogP contribution in [-0.4, -0.2) is 30.3 Å². The maximum Gasteiger partial charge on any atom is 0.338 e. The number of carbonyl (C=O) groups excluding carboxylic acids is 1. The van der Waals surface area contributed by atoms with Crippen molar-refractivity contribution in [3.05, 3.63) is 52.4 Å². The Balaban J connectivity index is 1.69. The summed E-state index contributed by atoms with van der Waals surface area (Å²) in [7, 11) is 0. The fourth-order valence-electron chi connectivity index (χ4n) is 2.94. The number of para-hydroxylation sites is 1. The standard InChI is InChI=1S/C19H16ClNO3S/c20-18-8-7-17(25-18)16-10-14(13-5-1-2-6-15(13)21-16)19(22)24-11-12-4-3-9-23-12/h1-2,5-8,10,12H,3-4,9,11H2/t12-/m0/s1. The molecule has 0 spiro atoms. The lowest BCUT2D eigenvalue weighted by atomic mass is 10.1. The van der Waals surface area contributed by atoms with Crippen molar-refractivity contribution in [3.63, 3.8) is 0 Å². The minimum absolute atomic E-state index is 0.00706. The quantitative estimate of drug-likeness (QED) is 0.607. The molecule has 4 rings (SSSR count). The Morgan fingerprint density at radius 3 is 2.96 bits per heavy atom. The van der Waals surface area contributed by atoms with Crippen molar-refractivity contribution in [1.29, 1.82) is 0 Å². The zero-order chi connectivity index (χ0) is 17.2. The molecule has 25 heavy (non-hydrogen) atoms. The second-order valence-corrected chi connectivity index (χ2v) is 7.62. The first-order valence-electron chi connectivity index (χ1n) is 8.15. The maximum absolute atomic E-state index is 12.7. The molecule has 0 bridgehead atoms. The van der Waals surface area contributed by atoms with Crippen LogP contribution in [-0.2, 0) is 9.47 Å². The zero-order valence-corrected chi connectivity index (χ0v) is 15.0. The summed E-state index contributed by atoms with van der Waals surface area (Å²) >= 11 is 7.47. The van der Waals surface area contributed by atoms with Crippen LogP contribution in [0.25, 0.3) is 21.5 Å². The van der Waals surface area contributed by atoms with Crippen LogP contribution in [0.15, 0.2) is 42.5 Å². The van der Waals surface area contributed by atoms with Gasteiger partial charge in [-0.2, -0.15) is 0 Å². The van der Waals surface area contributed by atoms with Gasteiger partial charge in [0.25, 0.3) is 0 Å². The third kappa shape index (κ3) is 3.54. The Hall–Kier alpha value is -1.95. The second-order valence-electron chi connectivity index (χ2n) is 5.91. The lowest BCUT2D eigenvalue weighted by molar-refractivity contribution is 0.0163. The molecule has 1 aliphatic heterocycles. The van der Waals surface area contributed by atoms with E-state index >= 15 is 0 Å². The first kappa shape index (κ1) is 16.5. The number of ether oxygens (including phenoxy) is 2. The summed E-state index contributed by atoms with van der Waals surface area (Å²) in [5.74, 6) is -0.349. The number of pyridine rings is 1. The Labute approximate surface area is 154 Å². The Morgan fingerprint density at radius 1 is 1.32 bits per heavy atom. The molecule has 1 saturated heterocycles. The molecule has 0 radical (unpaired) electrons. The van der Waals surface area contributed by atoms with E-state index < -0.39 is 0 Å². The molecule has 3 heterocycles. The van der Waals surface area contributed by atoms with Gasteiger partial charge < -0.3 is 9.47 Å². The molecule has 1 aromatic carbocycles. The average molecular weight is 374 g/mol. The number of carbonyl (C=O) groups is 1. The summed E-state index contributed by atoms with van der Waals surface area (Å²) < 4.78 is 11.7. The van der Waals surface area contributed by atoms with E-state index in [4.69, 9.17) is 21.1 Å². The molecule has 2 aromatic heterocycles. The number of thiophene rings is 1. The molecule has 0 saturated carbocycles. The largest absolute Gasteiger partial charge is 0.459 e. The van der Waals surface area contributed by atoms with Gasteiger partial charge in [0.15, 0.2) is 0 Å². The molecule has 1 aliphatic rings. The Kier molecular flexibility index (Phi) is 4.70. The highest BCUT2D eigenvalue weighted by Crippen LogP contribution is 2.32. The SMILES string of the molecule is O=C(OC[C@@H]1CCCO1)c1cc(-c2ccc(Cl)s2)nc2ccccc12. The number of esters is 1. The molecule has 0 aliphatic carbocycles. The fourth-order valence-corrected chi connectivity index (χ4v) is 3.95. The van der Waals surface area contributed by atoms with Crippen LogP contribution in [0.3, 0.4) is 0 Å². The van der Waals surface area contributed by atoms with Crippen LogP contribution in [0, 0.1) is 0 Å². The van der Waals surface area contributed by atoms with Gasteiger partial charge in [0.05, 0.1) is 32.1 Å². The van der Waals surface area contributed by atoms with Gasteiger partial charge in [0, 0.05) is 12.0 Å². The van der Waals surface area contributed by atoms with Gasteiger partial charge >= 0.3 is 5.97 Å². The lowest BCUT2D eigenvalue weighted by Crippen LogP contribution is -2.18. The first-order valence-corrected chi connectivity index (χ1v) is 9.34. The first-order chi connectivity index (χ1) is 12.2. The summed E-state index contributed by atoms with van der Waals surface area (Å²) in [6, 6.07) is 13.1. The van der Waals surface area contributed by atoms with Gasteiger partial charge in [-0.3, -0.25) is 0 Å². The molecule has 6 heteroatoms. The molecular weight excluding hydrogens is 358 g/mol. The monoisotopic (exact) mass is 373 g/mol. The number of benzene rings is 1. The van der Waals surface area contributed by atoms with Gasteiger partial charge in [-0.15, -0.1) is 11.3 Å². The summed E-state index contributed by atoms with van der Waals surface area (Å²) in [5, 5.41) is 0.784. The number of fused-ring (bicyclic) bond motifs is 1. The molecule has 1 fully saturated rings. The normalized spacial score (nSPS) is 17.1. The molecule has 128 valence electrons. The molecule has 3 aromatic rings. The topological polar surface area (TPSA) is 48.4 Å². The second kappa shape index (κ2) is 7.12. The number of halogens is 1. The minimum atomic E-state index is -0.349. The van der Waals surface area contributed by atoms with Gasteiger partial charge in [0.1, 0.15) is 6.61 Å². The van der Waals surface area contributed by atoms with Crippen molar-refractivity contribution >= 4 is 39.8 Å². The smallest absolute Gasteiger partial charge is 0.338 e. The number of hydrogen-bond acceptors (Lipinski definition) is 5. The molecule has 0 N–H and O–H groups in total. The van der Waals surface area contributed by atoms with E-state index in [0.29, 0.717) is 9.90 Å². The van der Waals surface area contributed by atoms with Gasteiger partial charge in [0.2, 0.25) is 0 Å². The number of rotatable bonds is 4. The molecule has 1 atom stereocenters. The van der Waals surface area contributed by atoms with Crippen molar-refractivity contribution in [2.45, 2.75) is 18.9 Å². The molecule has 4 nitrogen and oxygen atoms in total. The number of nitrogens with zero attached hydrogens (tertiary/aromatic N) is 1. The summed E-state index contributed by atoms with van der Waals surface area (Å²) in [4.78, 5) is 18.3. The number of aromatic nitrogens is 1. The predicted molar refractivity (Wildman–Crippen MR) is 99.3 cm³/mol. The average Bonchev–Trinajstić information content (AvgIpc) is 3.30. The van der Waals surface area contributed by atoms with Crippen molar-refractivity contribution in [2.75, 3.05) is 13.2 Å². The van der Waals surface area contributed by atoms with Crippen LogP contribution in [0.4, 0.5) is 0 Å². The third-order valence-electron chi connectivity index (χ3n) is 4.19. The molecular formula is C19H16ClNO3S. The van der Waals surface area contributed by atoms with Gasteiger partial charge in [-0.1, -0.05) is 29.8 Å². The molecule has 0 unspecified atom stereocenters. The van der Waals surface area contributed by atoms with Crippen molar-refractivity contribution < 1.29 is 14.3 Å². The van der Waals surface area contributed by atoms with E-state index in [2.05, 4.69) is 4.98 Å².